The highest BCUT2D eigenvalue weighted by atomic mass is 79.9. The molecule has 1 N–H and O–H groups in total. The lowest BCUT2D eigenvalue weighted by Crippen LogP contribution is -2.25. The van der Waals surface area contributed by atoms with Crippen LogP contribution in [0.15, 0.2) is 4.60 Å². The van der Waals surface area contributed by atoms with Crippen LogP contribution in [-0.2, 0) is 4.79 Å². The Kier molecular flexibility index (Phi) is 2.67. The number of halogens is 2. The summed E-state index contributed by atoms with van der Waals surface area (Å²) in [7, 11) is 0. The first-order valence-corrected chi connectivity index (χ1v) is 5.45. The Labute approximate surface area is 99.1 Å². The molecule has 0 bridgehead atoms. The van der Waals surface area contributed by atoms with Crippen molar-refractivity contribution in [3.05, 3.63) is 10.2 Å². The third-order valence-corrected chi connectivity index (χ3v) is 3.01. The molecule has 2 rings (SSSR count). The Bertz CT molecular complexity index is 452. The van der Waals surface area contributed by atoms with Gasteiger partial charge in [-0.3, -0.25) is 14.8 Å². The van der Waals surface area contributed by atoms with E-state index in [0.29, 0.717) is 22.5 Å². The minimum atomic E-state index is -0.209. The maximum absolute atomic E-state index is 11.5. The molecule has 0 aliphatic carbocycles. The molecule has 0 saturated carbocycles. The summed E-state index contributed by atoms with van der Waals surface area (Å²) in [5.41, 5.74) is 0.328. The van der Waals surface area contributed by atoms with E-state index >= 15 is 0 Å². The van der Waals surface area contributed by atoms with Crippen LogP contribution in [0.3, 0.4) is 0 Å². The van der Waals surface area contributed by atoms with Crippen molar-refractivity contribution in [3.8, 4) is 6.07 Å². The molecule has 1 aromatic heterocycles. The van der Waals surface area contributed by atoms with E-state index in [2.05, 4.69) is 26.1 Å². The number of aromatic amines is 1. The average molecular weight is 290 g/mol. The number of anilines is 1. The number of carbonyl (C=O) groups excluding carboxylic acids is 1. The van der Waals surface area contributed by atoms with Crippen LogP contribution >= 0.6 is 27.5 Å². The minimum Gasteiger partial charge on any atom is -0.293 e. The van der Waals surface area contributed by atoms with Gasteiger partial charge in [0.1, 0.15) is 16.2 Å². The summed E-state index contributed by atoms with van der Waals surface area (Å²) in [6, 6.07) is 1.98. The van der Waals surface area contributed by atoms with Crippen molar-refractivity contribution in [2.24, 2.45) is 0 Å². The van der Waals surface area contributed by atoms with Gasteiger partial charge in [0, 0.05) is 13.0 Å². The summed E-state index contributed by atoms with van der Waals surface area (Å²) in [4.78, 5) is 13.0. The van der Waals surface area contributed by atoms with Gasteiger partial charge in [-0.25, -0.2) is 0 Å². The molecule has 1 aromatic rings. The number of carbonyl (C=O) groups is 1. The molecule has 1 saturated heterocycles. The number of rotatable bonds is 1. The number of alkyl halides is 1. The first-order valence-electron chi connectivity index (χ1n) is 4.22. The zero-order chi connectivity index (χ0) is 11.0. The molecule has 1 amide bonds. The van der Waals surface area contributed by atoms with E-state index in [1.165, 1.54) is 4.90 Å². The van der Waals surface area contributed by atoms with Crippen LogP contribution in [0, 0.1) is 11.3 Å². The Hall–Kier alpha value is -1.06. The number of hydrogen-bond acceptors (Lipinski definition) is 3. The number of amides is 1. The maximum atomic E-state index is 11.5. The standard InChI is InChI=1S/C8H6BrClN4O/c9-7-5(2-11)8(13-12-7)14-3-4(10)1-6(14)15/h4H,1,3H2,(H,12,13). The fraction of sp³-hybridized carbons (Fsp3) is 0.375. The first kappa shape index (κ1) is 10.5. The SMILES string of the molecule is N#Cc1c(N2CC(Cl)CC2=O)n[nH]c1Br. The quantitative estimate of drug-likeness (QED) is 0.794. The molecule has 15 heavy (non-hydrogen) atoms. The summed E-state index contributed by atoms with van der Waals surface area (Å²) in [5, 5.41) is 15.2. The van der Waals surface area contributed by atoms with Crippen LogP contribution in [-0.4, -0.2) is 28.0 Å². The second-order valence-corrected chi connectivity index (χ2v) is 4.56. The fourth-order valence-corrected chi connectivity index (χ4v) is 2.10. The number of H-pyrrole nitrogens is 1. The number of nitriles is 1. The maximum Gasteiger partial charge on any atom is 0.229 e. The van der Waals surface area contributed by atoms with Gasteiger partial charge in [-0.2, -0.15) is 10.4 Å². The molecule has 1 unspecified atom stereocenters. The van der Waals surface area contributed by atoms with Gasteiger partial charge in [0.25, 0.3) is 0 Å². The molecule has 0 radical (unpaired) electrons. The molecule has 1 aliphatic rings. The van der Waals surface area contributed by atoms with Gasteiger partial charge in [-0.15, -0.1) is 11.6 Å². The fourth-order valence-electron chi connectivity index (χ4n) is 1.48. The Balaban J connectivity index is 2.39. The van der Waals surface area contributed by atoms with Crippen molar-refractivity contribution < 1.29 is 4.79 Å². The zero-order valence-electron chi connectivity index (χ0n) is 7.50. The molecule has 2 heterocycles. The second-order valence-electron chi connectivity index (χ2n) is 3.15. The van der Waals surface area contributed by atoms with E-state index in [-0.39, 0.29) is 17.7 Å². The predicted molar refractivity (Wildman–Crippen MR) is 57.6 cm³/mol. The van der Waals surface area contributed by atoms with Gasteiger partial charge in [0.05, 0.1) is 5.38 Å². The lowest BCUT2D eigenvalue weighted by Gasteiger charge is -2.11. The average Bonchev–Trinajstić information content (AvgIpc) is 2.69. The topological polar surface area (TPSA) is 72.8 Å². The molecule has 0 spiro atoms. The van der Waals surface area contributed by atoms with Crippen LogP contribution in [0.5, 0.6) is 0 Å². The monoisotopic (exact) mass is 288 g/mol. The summed E-state index contributed by atoms with van der Waals surface area (Å²) < 4.78 is 0.478. The van der Waals surface area contributed by atoms with Gasteiger partial charge < -0.3 is 0 Å². The Morgan fingerprint density at radius 1 is 1.73 bits per heavy atom. The van der Waals surface area contributed by atoms with Gasteiger partial charge in [0.15, 0.2) is 5.82 Å². The number of nitrogens with zero attached hydrogens (tertiary/aromatic N) is 3. The number of hydrogen-bond donors (Lipinski definition) is 1. The number of aromatic nitrogens is 2. The van der Waals surface area contributed by atoms with Crippen LogP contribution < -0.4 is 4.90 Å². The van der Waals surface area contributed by atoms with Gasteiger partial charge in [0.2, 0.25) is 5.91 Å². The molecule has 78 valence electrons. The van der Waals surface area contributed by atoms with Gasteiger partial charge in [-0.1, -0.05) is 0 Å². The van der Waals surface area contributed by atoms with Crippen LogP contribution in [0.25, 0.3) is 0 Å². The summed E-state index contributed by atoms with van der Waals surface area (Å²) in [5.74, 6) is 0.239. The highest BCUT2D eigenvalue weighted by Crippen LogP contribution is 2.28. The molecule has 0 aromatic carbocycles. The summed E-state index contributed by atoms with van der Waals surface area (Å²) in [6.45, 7) is 0.395. The van der Waals surface area contributed by atoms with E-state index in [1.54, 1.807) is 0 Å². The van der Waals surface area contributed by atoms with Crippen molar-refractivity contribution in [3.63, 3.8) is 0 Å². The molecule has 1 atom stereocenters. The van der Waals surface area contributed by atoms with E-state index in [0.717, 1.165) is 0 Å². The largest absolute Gasteiger partial charge is 0.293 e. The third-order valence-electron chi connectivity index (χ3n) is 2.15. The molecule has 1 aliphatic heterocycles. The predicted octanol–water partition coefficient (Wildman–Crippen LogP) is 1.39. The first-order chi connectivity index (χ1) is 7.13. The second kappa shape index (κ2) is 3.83. The van der Waals surface area contributed by atoms with Crippen LogP contribution in [0.4, 0.5) is 5.82 Å². The zero-order valence-corrected chi connectivity index (χ0v) is 9.84. The van der Waals surface area contributed by atoms with E-state index in [1.807, 2.05) is 6.07 Å². The number of nitrogens with one attached hydrogen (secondary N) is 1. The summed E-state index contributed by atoms with van der Waals surface area (Å²) >= 11 is 9.01. The van der Waals surface area contributed by atoms with E-state index in [4.69, 9.17) is 16.9 Å². The summed E-state index contributed by atoms with van der Waals surface area (Å²) in [6.07, 6.45) is 0.289. The molecule has 7 heteroatoms. The van der Waals surface area contributed by atoms with Gasteiger partial charge >= 0.3 is 0 Å². The van der Waals surface area contributed by atoms with Gasteiger partial charge in [-0.05, 0) is 15.9 Å². The molecular formula is C8H6BrClN4O. The Morgan fingerprint density at radius 2 is 2.47 bits per heavy atom. The van der Waals surface area contributed by atoms with E-state index in [9.17, 15) is 4.79 Å². The lowest BCUT2D eigenvalue weighted by atomic mass is 10.3. The Morgan fingerprint density at radius 3 is 3.00 bits per heavy atom. The highest BCUT2D eigenvalue weighted by molar-refractivity contribution is 9.10. The third kappa shape index (κ3) is 1.73. The van der Waals surface area contributed by atoms with Crippen LogP contribution in [0.1, 0.15) is 12.0 Å². The normalized spacial score (nSPS) is 20.7. The molecule has 1 fully saturated rings. The molecular weight excluding hydrogens is 283 g/mol. The van der Waals surface area contributed by atoms with Crippen molar-refractivity contribution in [1.29, 1.82) is 5.26 Å². The van der Waals surface area contributed by atoms with E-state index < -0.39 is 0 Å². The van der Waals surface area contributed by atoms with Crippen molar-refractivity contribution in [1.82, 2.24) is 10.2 Å². The van der Waals surface area contributed by atoms with Crippen molar-refractivity contribution in [2.75, 3.05) is 11.4 Å². The molecule has 5 nitrogen and oxygen atoms in total. The smallest absolute Gasteiger partial charge is 0.229 e. The lowest BCUT2D eigenvalue weighted by molar-refractivity contribution is -0.117. The minimum absolute atomic E-state index is 0.106. The highest BCUT2D eigenvalue weighted by Gasteiger charge is 2.32. The van der Waals surface area contributed by atoms with Crippen molar-refractivity contribution >= 4 is 39.3 Å². The van der Waals surface area contributed by atoms with Crippen LogP contribution in [0.2, 0.25) is 0 Å². The van der Waals surface area contributed by atoms with Crippen molar-refractivity contribution in [2.45, 2.75) is 11.8 Å².